The van der Waals surface area contributed by atoms with Crippen LogP contribution in [0.15, 0.2) is 0 Å². The van der Waals surface area contributed by atoms with Gasteiger partial charge in [0.25, 0.3) is 0 Å². The summed E-state index contributed by atoms with van der Waals surface area (Å²) in [4.78, 5) is 13.5. The Balaban J connectivity index is 1.86. The summed E-state index contributed by atoms with van der Waals surface area (Å²) < 4.78 is 0. The lowest BCUT2D eigenvalue weighted by Gasteiger charge is -2.37. The van der Waals surface area contributed by atoms with Crippen LogP contribution in [-0.4, -0.2) is 47.7 Å². The van der Waals surface area contributed by atoms with E-state index in [0.29, 0.717) is 24.5 Å². The minimum Gasteiger partial charge on any atom is -0.480 e. The molecule has 2 aliphatic rings. The predicted molar refractivity (Wildman–Crippen MR) is 71.6 cm³/mol. The third-order valence-electron chi connectivity index (χ3n) is 4.42. The minimum atomic E-state index is -0.711. The molecule has 0 amide bonds. The molecule has 0 aromatic rings. The summed E-state index contributed by atoms with van der Waals surface area (Å²) in [7, 11) is 2.08. The fourth-order valence-electron chi connectivity index (χ4n) is 3.11. The summed E-state index contributed by atoms with van der Waals surface area (Å²) in [6, 6.07) is 0.599. The number of nitrogens with zero attached hydrogens (tertiary/aromatic N) is 1. The normalized spacial score (nSPS) is 30.4. The standard InChI is InChI=1S/C14H26N2O2/c1-10-5-3-4-6-13(10)16(2)9-12(14(17)18)15-11-7-8-11/h10-13,15H,3-9H2,1-2H3,(H,17,18). The molecule has 0 aliphatic heterocycles. The van der Waals surface area contributed by atoms with E-state index < -0.39 is 12.0 Å². The number of nitrogens with one attached hydrogen (secondary N) is 1. The van der Waals surface area contributed by atoms with E-state index in [9.17, 15) is 9.90 Å². The largest absolute Gasteiger partial charge is 0.480 e. The van der Waals surface area contributed by atoms with E-state index in [0.717, 1.165) is 12.8 Å². The molecule has 2 fully saturated rings. The molecule has 104 valence electrons. The van der Waals surface area contributed by atoms with E-state index in [1.54, 1.807) is 0 Å². The highest BCUT2D eigenvalue weighted by Crippen LogP contribution is 2.27. The lowest BCUT2D eigenvalue weighted by atomic mass is 9.85. The number of hydrogen-bond donors (Lipinski definition) is 2. The van der Waals surface area contributed by atoms with Gasteiger partial charge in [0.2, 0.25) is 0 Å². The zero-order chi connectivity index (χ0) is 13.1. The molecule has 3 unspecified atom stereocenters. The Morgan fingerprint density at radius 1 is 1.33 bits per heavy atom. The van der Waals surface area contributed by atoms with Gasteiger partial charge in [-0.15, -0.1) is 0 Å². The van der Waals surface area contributed by atoms with Crippen molar-refractivity contribution in [3.8, 4) is 0 Å². The van der Waals surface area contributed by atoms with Crippen LogP contribution in [0.25, 0.3) is 0 Å². The second-order valence-corrected chi connectivity index (χ2v) is 6.10. The van der Waals surface area contributed by atoms with Gasteiger partial charge in [0, 0.05) is 18.6 Å². The molecule has 4 nitrogen and oxygen atoms in total. The van der Waals surface area contributed by atoms with Crippen LogP contribution in [0.1, 0.15) is 45.4 Å². The molecule has 2 saturated carbocycles. The van der Waals surface area contributed by atoms with Crippen molar-refractivity contribution < 1.29 is 9.90 Å². The summed E-state index contributed by atoms with van der Waals surface area (Å²) >= 11 is 0. The van der Waals surface area contributed by atoms with Crippen LogP contribution in [-0.2, 0) is 4.79 Å². The fourth-order valence-corrected chi connectivity index (χ4v) is 3.11. The molecule has 0 spiro atoms. The van der Waals surface area contributed by atoms with Crippen molar-refractivity contribution in [2.75, 3.05) is 13.6 Å². The summed E-state index contributed by atoms with van der Waals surface area (Å²) in [5, 5.41) is 12.5. The second kappa shape index (κ2) is 6.02. The Labute approximate surface area is 110 Å². The maximum atomic E-state index is 11.3. The first kappa shape index (κ1) is 13.8. The summed E-state index contributed by atoms with van der Waals surface area (Å²) in [6.45, 7) is 2.92. The van der Waals surface area contributed by atoms with E-state index in [1.165, 1.54) is 25.7 Å². The Morgan fingerprint density at radius 2 is 2.00 bits per heavy atom. The monoisotopic (exact) mass is 254 g/mol. The van der Waals surface area contributed by atoms with Crippen molar-refractivity contribution in [2.24, 2.45) is 5.92 Å². The van der Waals surface area contributed by atoms with Crippen LogP contribution in [0.3, 0.4) is 0 Å². The highest BCUT2D eigenvalue weighted by molar-refractivity contribution is 5.73. The van der Waals surface area contributed by atoms with Gasteiger partial charge >= 0.3 is 5.97 Å². The average Bonchev–Trinajstić information content (AvgIpc) is 3.12. The van der Waals surface area contributed by atoms with Gasteiger partial charge in [0.1, 0.15) is 6.04 Å². The number of carbonyl (C=O) groups is 1. The topological polar surface area (TPSA) is 52.6 Å². The molecule has 2 aliphatic carbocycles. The number of likely N-dealkylation sites (N-methyl/N-ethyl adjacent to an activating group) is 1. The fraction of sp³-hybridized carbons (Fsp3) is 0.929. The Bertz CT molecular complexity index is 292. The molecule has 0 heterocycles. The average molecular weight is 254 g/mol. The van der Waals surface area contributed by atoms with E-state index in [2.05, 4.69) is 24.2 Å². The summed E-state index contributed by atoms with van der Waals surface area (Å²) in [6.07, 6.45) is 7.37. The van der Waals surface area contributed by atoms with Crippen LogP contribution in [0.4, 0.5) is 0 Å². The van der Waals surface area contributed by atoms with Crippen molar-refractivity contribution in [3.63, 3.8) is 0 Å². The van der Waals surface area contributed by atoms with Crippen molar-refractivity contribution in [1.82, 2.24) is 10.2 Å². The summed E-state index contributed by atoms with van der Waals surface area (Å²) in [5.41, 5.74) is 0. The zero-order valence-electron chi connectivity index (χ0n) is 11.6. The molecule has 4 heteroatoms. The van der Waals surface area contributed by atoms with Crippen LogP contribution in [0, 0.1) is 5.92 Å². The van der Waals surface area contributed by atoms with Gasteiger partial charge in [-0.1, -0.05) is 19.8 Å². The smallest absolute Gasteiger partial charge is 0.322 e. The Kier molecular flexibility index (Phi) is 4.62. The van der Waals surface area contributed by atoms with Gasteiger partial charge in [0.15, 0.2) is 0 Å². The number of rotatable bonds is 6. The van der Waals surface area contributed by atoms with E-state index >= 15 is 0 Å². The highest BCUT2D eigenvalue weighted by Gasteiger charge is 2.32. The molecular formula is C14H26N2O2. The quantitative estimate of drug-likeness (QED) is 0.757. The van der Waals surface area contributed by atoms with Crippen LogP contribution in [0.2, 0.25) is 0 Å². The lowest BCUT2D eigenvalue weighted by Crippen LogP contribution is -2.50. The van der Waals surface area contributed by atoms with Crippen molar-refractivity contribution in [2.45, 2.75) is 63.6 Å². The molecule has 3 atom stereocenters. The molecular weight excluding hydrogens is 228 g/mol. The van der Waals surface area contributed by atoms with E-state index in [1.807, 2.05) is 0 Å². The number of carboxylic acids is 1. The summed E-state index contributed by atoms with van der Waals surface area (Å²) in [5.74, 6) is -0.0173. The van der Waals surface area contributed by atoms with Gasteiger partial charge in [-0.2, -0.15) is 0 Å². The predicted octanol–water partition coefficient (Wildman–Crippen LogP) is 1.70. The molecule has 18 heavy (non-hydrogen) atoms. The number of aliphatic carboxylic acids is 1. The first-order chi connectivity index (χ1) is 8.58. The van der Waals surface area contributed by atoms with Gasteiger partial charge in [-0.05, 0) is 38.6 Å². The molecule has 2 rings (SSSR count). The lowest BCUT2D eigenvalue weighted by molar-refractivity contribution is -0.140. The maximum Gasteiger partial charge on any atom is 0.322 e. The third kappa shape index (κ3) is 3.69. The van der Waals surface area contributed by atoms with Crippen molar-refractivity contribution in [3.05, 3.63) is 0 Å². The van der Waals surface area contributed by atoms with E-state index in [4.69, 9.17) is 0 Å². The molecule has 2 N–H and O–H groups in total. The SMILES string of the molecule is CC1CCCCC1N(C)CC(NC1CC1)C(=O)O. The van der Waals surface area contributed by atoms with Crippen LogP contribution >= 0.6 is 0 Å². The maximum absolute atomic E-state index is 11.3. The first-order valence-corrected chi connectivity index (χ1v) is 7.27. The first-order valence-electron chi connectivity index (χ1n) is 7.27. The Hall–Kier alpha value is -0.610. The van der Waals surface area contributed by atoms with Gasteiger partial charge in [-0.3, -0.25) is 4.79 Å². The van der Waals surface area contributed by atoms with Crippen LogP contribution < -0.4 is 5.32 Å². The van der Waals surface area contributed by atoms with Crippen molar-refractivity contribution in [1.29, 1.82) is 0 Å². The van der Waals surface area contributed by atoms with Crippen LogP contribution in [0.5, 0.6) is 0 Å². The zero-order valence-corrected chi connectivity index (χ0v) is 11.6. The molecule has 0 aromatic heterocycles. The Morgan fingerprint density at radius 3 is 2.56 bits per heavy atom. The van der Waals surface area contributed by atoms with E-state index in [-0.39, 0.29) is 0 Å². The van der Waals surface area contributed by atoms with Crippen molar-refractivity contribution >= 4 is 5.97 Å². The number of hydrogen-bond acceptors (Lipinski definition) is 3. The molecule has 0 saturated heterocycles. The minimum absolute atomic E-state index is 0.406. The second-order valence-electron chi connectivity index (χ2n) is 6.10. The van der Waals surface area contributed by atoms with Gasteiger partial charge < -0.3 is 15.3 Å². The van der Waals surface area contributed by atoms with Gasteiger partial charge in [0.05, 0.1) is 0 Å². The number of carboxylic acid groups (broad SMARTS) is 1. The van der Waals surface area contributed by atoms with Gasteiger partial charge in [-0.25, -0.2) is 0 Å². The third-order valence-corrected chi connectivity index (χ3v) is 4.42. The highest BCUT2D eigenvalue weighted by atomic mass is 16.4. The molecule has 0 aromatic carbocycles. The molecule has 0 radical (unpaired) electrons. The molecule has 0 bridgehead atoms.